The van der Waals surface area contributed by atoms with Gasteiger partial charge in [0.15, 0.2) is 0 Å². The maximum Gasteiger partial charge on any atom is 0.0711 e. The van der Waals surface area contributed by atoms with Crippen LogP contribution in [-0.2, 0) is 0 Å². The summed E-state index contributed by atoms with van der Waals surface area (Å²) >= 11 is 0. The Hall–Kier alpha value is -8.85. The first-order valence-electron chi connectivity index (χ1n) is 24.3. The lowest BCUT2D eigenvalue weighted by molar-refractivity contribution is 1.41. The molecule has 2 heteroatoms. The van der Waals surface area contributed by atoms with Gasteiger partial charge >= 0.3 is 0 Å². The van der Waals surface area contributed by atoms with Crippen LogP contribution in [0, 0.1) is 20.8 Å². The fourth-order valence-electron chi connectivity index (χ4n) is 8.84. The summed E-state index contributed by atoms with van der Waals surface area (Å²) in [5.41, 5.74) is 22.6. The number of aromatic nitrogens is 1. The first-order chi connectivity index (χ1) is 34.8. The smallest absolute Gasteiger partial charge is 0.0711 e. The summed E-state index contributed by atoms with van der Waals surface area (Å²) in [5.74, 6) is 0. The Balaban J connectivity index is 0.000000135. The molecule has 1 heterocycles. The number of hydrogen-bond donors (Lipinski definition) is 1. The molecule has 10 aromatic carbocycles. The van der Waals surface area contributed by atoms with Crippen LogP contribution in [0.3, 0.4) is 0 Å². The van der Waals surface area contributed by atoms with Crippen molar-refractivity contribution in [1.82, 2.24) is 4.98 Å². The van der Waals surface area contributed by atoms with Crippen LogP contribution in [0.15, 0.2) is 272 Å². The van der Waals surface area contributed by atoms with Gasteiger partial charge in [-0.15, -0.1) is 0 Å². The molecule has 0 bridgehead atoms. The van der Waals surface area contributed by atoms with E-state index in [2.05, 4.69) is 245 Å². The summed E-state index contributed by atoms with van der Waals surface area (Å²) < 4.78 is 0. The van der Waals surface area contributed by atoms with E-state index in [-0.39, 0.29) is 0 Å². The lowest BCUT2D eigenvalue weighted by Crippen LogP contribution is -1.96. The number of nitrogens with one attached hydrogen (secondary N) is 1. The molecule has 11 aromatic rings. The average molecular weight is 915 g/mol. The third-order valence-electron chi connectivity index (χ3n) is 12.9. The monoisotopic (exact) mass is 914 g/mol. The molecule has 0 unspecified atom stereocenters. The van der Waals surface area contributed by atoms with Crippen molar-refractivity contribution >= 4 is 38.8 Å². The normalized spacial score (nSPS) is 11.3. The van der Waals surface area contributed by atoms with Gasteiger partial charge in [-0.1, -0.05) is 243 Å². The number of nitrogens with zero attached hydrogens (tertiary/aromatic N) is 1. The second-order valence-electron chi connectivity index (χ2n) is 17.9. The number of allylic oxidation sites excluding steroid dienone is 2. The number of benzene rings is 10. The number of fused-ring (bicyclic) bond motifs is 3. The van der Waals surface area contributed by atoms with Gasteiger partial charge in [0.25, 0.3) is 0 Å². The maximum absolute atomic E-state index is 4.93. The first-order valence-corrected chi connectivity index (χ1v) is 24.3. The summed E-state index contributed by atoms with van der Waals surface area (Å²) in [6.07, 6.45) is 2.06. The highest BCUT2D eigenvalue weighted by atomic mass is 14.8. The molecular formula is C69H58N2. The van der Waals surface area contributed by atoms with Crippen molar-refractivity contribution in [2.45, 2.75) is 27.7 Å². The Labute approximate surface area is 419 Å². The fraction of sp³-hybridized carbons (Fsp3) is 0.0580. The van der Waals surface area contributed by atoms with Crippen LogP contribution in [0.1, 0.15) is 40.3 Å². The molecule has 2 nitrogen and oxygen atoms in total. The number of aryl methyl sites for hydroxylation is 3. The zero-order chi connectivity index (χ0) is 48.9. The molecule has 0 saturated heterocycles. The molecular weight excluding hydrogens is 857 g/mol. The van der Waals surface area contributed by atoms with Crippen LogP contribution >= 0.6 is 0 Å². The summed E-state index contributed by atoms with van der Waals surface area (Å²) in [5, 5.41) is 2.56. The number of H-pyrrole nitrogens is 1. The summed E-state index contributed by atoms with van der Waals surface area (Å²) in [6, 6.07) is 89.1. The molecule has 0 spiro atoms. The van der Waals surface area contributed by atoms with E-state index in [4.69, 9.17) is 4.99 Å². The van der Waals surface area contributed by atoms with Gasteiger partial charge in [-0.2, -0.15) is 0 Å². The molecule has 0 aliphatic carbocycles. The van der Waals surface area contributed by atoms with Crippen molar-refractivity contribution in [3.63, 3.8) is 0 Å². The van der Waals surface area contributed by atoms with Crippen LogP contribution in [-0.4, -0.2) is 10.7 Å². The SMILES string of the molecule is C=C(/C=C(\N=C(C)c1ccc(C)cc1)c1ccccc1)c1ccccc1.Cc1ccccc1-c1cc(-c2ccc3[nH]c4ccccc4c3c2)ccc1C.c1ccc(-c2ccc(-c3ccccc3)cc2)cc1. The van der Waals surface area contributed by atoms with E-state index in [1.54, 1.807) is 0 Å². The Kier molecular flexibility index (Phi) is 15.0. The van der Waals surface area contributed by atoms with Crippen molar-refractivity contribution in [1.29, 1.82) is 0 Å². The molecule has 71 heavy (non-hydrogen) atoms. The zero-order valence-electron chi connectivity index (χ0n) is 41.0. The molecule has 0 amide bonds. The van der Waals surface area contributed by atoms with Crippen molar-refractivity contribution in [2.75, 3.05) is 0 Å². The summed E-state index contributed by atoms with van der Waals surface area (Å²) in [4.78, 5) is 8.44. The largest absolute Gasteiger partial charge is 0.355 e. The number of para-hydroxylation sites is 1. The molecule has 1 aromatic heterocycles. The van der Waals surface area contributed by atoms with Gasteiger partial charge in [-0.05, 0) is 130 Å². The van der Waals surface area contributed by atoms with Gasteiger partial charge in [0.1, 0.15) is 0 Å². The van der Waals surface area contributed by atoms with E-state index in [0.29, 0.717) is 0 Å². The van der Waals surface area contributed by atoms with E-state index in [9.17, 15) is 0 Å². The van der Waals surface area contributed by atoms with Gasteiger partial charge in [0.05, 0.1) is 5.70 Å². The molecule has 11 rings (SSSR count). The van der Waals surface area contributed by atoms with Gasteiger partial charge in [0, 0.05) is 33.1 Å². The van der Waals surface area contributed by atoms with Gasteiger partial charge in [-0.3, -0.25) is 4.99 Å². The van der Waals surface area contributed by atoms with E-state index < -0.39 is 0 Å². The molecule has 1 N–H and O–H groups in total. The topological polar surface area (TPSA) is 28.1 Å². The fourth-order valence-corrected chi connectivity index (χ4v) is 8.84. The van der Waals surface area contributed by atoms with Gasteiger partial charge in [-0.25, -0.2) is 0 Å². The first kappa shape index (κ1) is 47.2. The van der Waals surface area contributed by atoms with Crippen molar-refractivity contribution < 1.29 is 0 Å². The zero-order valence-corrected chi connectivity index (χ0v) is 41.0. The second-order valence-corrected chi connectivity index (χ2v) is 17.9. The average Bonchev–Trinajstić information content (AvgIpc) is 3.81. The predicted molar refractivity (Wildman–Crippen MR) is 307 cm³/mol. The highest BCUT2D eigenvalue weighted by Crippen LogP contribution is 2.34. The lowest BCUT2D eigenvalue weighted by atomic mass is 9.92. The number of rotatable bonds is 9. The summed E-state index contributed by atoms with van der Waals surface area (Å²) in [6.45, 7) is 12.7. The Morgan fingerprint density at radius 1 is 0.380 bits per heavy atom. The minimum absolute atomic E-state index is 0.914. The number of aromatic amines is 1. The highest BCUT2D eigenvalue weighted by molar-refractivity contribution is 6.08. The lowest BCUT2D eigenvalue weighted by Gasteiger charge is -2.12. The van der Waals surface area contributed by atoms with Crippen molar-refractivity contribution in [3.8, 4) is 44.5 Å². The maximum atomic E-state index is 4.93. The standard InChI is InChI=1S/C26H21N.C25H23N.C18H14/c1-17-7-3-4-8-21(17)23-15-19(12-11-18(23)2)20-13-14-26-24(16-20)22-9-5-6-10-25(22)27-26;1-19-14-16-23(17-15-19)21(3)26-25(24-12-8-5-9-13-24)18-20(2)22-10-6-4-7-11-22;1-3-7-15(8-4-1)17-11-13-18(14-12-17)16-9-5-2-6-10-16/h3-16,27H,1-2H3;4-18H,2H2,1,3H3;1-14H/b;25-18-,26-21?;. The highest BCUT2D eigenvalue weighted by Gasteiger charge is 2.11. The predicted octanol–water partition coefficient (Wildman–Crippen LogP) is 18.9. The number of hydrogen-bond acceptors (Lipinski definition) is 1. The molecule has 0 aliphatic heterocycles. The Bertz CT molecular complexity index is 3520. The van der Waals surface area contributed by atoms with Crippen LogP contribution in [0.5, 0.6) is 0 Å². The molecule has 344 valence electrons. The van der Waals surface area contributed by atoms with E-state index in [1.807, 2.05) is 55.5 Å². The minimum atomic E-state index is 0.914. The van der Waals surface area contributed by atoms with E-state index >= 15 is 0 Å². The van der Waals surface area contributed by atoms with Gasteiger partial charge < -0.3 is 4.98 Å². The molecule has 0 fully saturated rings. The van der Waals surface area contributed by atoms with Crippen LogP contribution < -0.4 is 0 Å². The van der Waals surface area contributed by atoms with Gasteiger partial charge in [0.2, 0.25) is 0 Å². The third-order valence-corrected chi connectivity index (χ3v) is 12.9. The Morgan fingerprint density at radius 2 is 0.845 bits per heavy atom. The second kappa shape index (κ2) is 22.5. The summed E-state index contributed by atoms with van der Waals surface area (Å²) in [7, 11) is 0. The molecule has 0 radical (unpaired) electrons. The van der Waals surface area contributed by atoms with Crippen molar-refractivity contribution in [2.24, 2.45) is 4.99 Å². The van der Waals surface area contributed by atoms with E-state index in [0.717, 1.165) is 33.7 Å². The number of aliphatic imine (C=N–C) groups is 1. The molecule has 0 atom stereocenters. The van der Waals surface area contributed by atoms with Crippen LogP contribution in [0.2, 0.25) is 0 Å². The molecule has 0 aliphatic rings. The third kappa shape index (κ3) is 11.7. The molecule has 0 saturated carbocycles. The van der Waals surface area contributed by atoms with Crippen LogP contribution in [0.4, 0.5) is 0 Å². The van der Waals surface area contributed by atoms with Crippen LogP contribution in [0.25, 0.3) is 77.6 Å². The van der Waals surface area contributed by atoms with E-state index in [1.165, 1.54) is 83.0 Å². The van der Waals surface area contributed by atoms with Crippen molar-refractivity contribution in [3.05, 3.63) is 301 Å². The Morgan fingerprint density at radius 3 is 1.46 bits per heavy atom. The minimum Gasteiger partial charge on any atom is -0.355 e. The quantitative estimate of drug-likeness (QED) is 0.110.